The van der Waals surface area contributed by atoms with E-state index in [1.807, 2.05) is 0 Å². The molecule has 0 unspecified atom stereocenters. The number of benzene rings is 2. The van der Waals surface area contributed by atoms with Crippen molar-refractivity contribution in [3.8, 4) is 0 Å². The highest BCUT2D eigenvalue weighted by Gasteiger charge is 2.06. The lowest BCUT2D eigenvalue weighted by Gasteiger charge is -2.00. The molecule has 0 spiro atoms. The number of hydrogen-bond donors (Lipinski definition) is 1. The zero-order valence-electron chi connectivity index (χ0n) is 11.8. The number of fused-ring (bicyclic) bond motifs is 1. The van der Waals surface area contributed by atoms with Gasteiger partial charge in [-0.1, -0.05) is 29.8 Å². The molecule has 0 atom stereocenters. The van der Waals surface area contributed by atoms with E-state index < -0.39 is 5.91 Å². The minimum Gasteiger partial charge on any atom is -0.463 e. The molecule has 1 aromatic heterocycles. The molecule has 0 radical (unpaired) electrons. The van der Waals surface area contributed by atoms with Crippen molar-refractivity contribution in [2.24, 2.45) is 5.10 Å². The van der Waals surface area contributed by atoms with Crippen molar-refractivity contribution in [2.75, 3.05) is 0 Å². The Labute approximate surface area is 136 Å². The van der Waals surface area contributed by atoms with Crippen molar-refractivity contribution in [1.29, 1.82) is 0 Å². The first-order valence-corrected chi connectivity index (χ1v) is 7.12. The lowest BCUT2D eigenvalue weighted by molar-refractivity contribution is 0.0955. The number of hydrazone groups is 1. The Hall–Kier alpha value is -2.92. The fraction of sp³-hybridized carbons (Fsp3) is 0. The number of amides is 1. The highest BCUT2D eigenvalue weighted by molar-refractivity contribution is 6.30. The Morgan fingerprint density at radius 2 is 2.00 bits per heavy atom. The van der Waals surface area contributed by atoms with Crippen LogP contribution in [0.4, 0.5) is 0 Å². The fourth-order valence-electron chi connectivity index (χ4n) is 2.04. The second kappa shape index (κ2) is 6.46. The molecule has 0 bridgehead atoms. The van der Waals surface area contributed by atoms with Crippen molar-refractivity contribution in [3.63, 3.8) is 0 Å². The van der Waals surface area contributed by atoms with Gasteiger partial charge in [0.05, 0.1) is 17.2 Å². The number of carbonyl (C=O) groups excluding carboxylic acids is 1. The van der Waals surface area contributed by atoms with Crippen molar-refractivity contribution in [2.45, 2.75) is 0 Å². The highest BCUT2D eigenvalue weighted by atomic mass is 35.5. The van der Waals surface area contributed by atoms with Crippen molar-refractivity contribution in [1.82, 2.24) is 5.43 Å². The summed E-state index contributed by atoms with van der Waals surface area (Å²) < 4.78 is 5.36. The smallest absolute Gasteiger partial charge is 0.271 e. The summed E-state index contributed by atoms with van der Waals surface area (Å²) in [5.74, 6) is -0.422. The molecule has 114 valence electrons. The van der Waals surface area contributed by atoms with Gasteiger partial charge in [0.2, 0.25) is 5.43 Å². The summed E-state index contributed by atoms with van der Waals surface area (Å²) in [6.07, 6.45) is 2.56. The van der Waals surface area contributed by atoms with Crippen LogP contribution >= 0.6 is 11.6 Å². The van der Waals surface area contributed by atoms with Crippen molar-refractivity contribution < 1.29 is 9.21 Å². The highest BCUT2D eigenvalue weighted by Crippen LogP contribution is 2.11. The number of carbonyl (C=O) groups is 1. The Balaban J connectivity index is 1.79. The van der Waals surface area contributed by atoms with Gasteiger partial charge in [0, 0.05) is 10.6 Å². The summed E-state index contributed by atoms with van der Waals surface area (Å²) in [5, 5.41) is 4.70. The average Bonchev–Trinajstić information content (AvgIpc) is 2.57. The number of halogens is 1. The molecule has 3 aromatic rings. The number of nitrogens with zero attached hydrogens (tertiary/aromatic N) is 1. The molecule has 1 N–H and O–H groups in total. The molecule has 0 saturated carbocycles. The Morgan fingerprint density at radius 1 is 1.17 bits per heavy atom. The third-order valence-electron chi connectivity index (χ3n) is 3.16. The molecule has 5 nitrogen and oxygen atoms in total. The van der Waals surface area contributed by atoms with Gasteiger partial charge < -0.3 is 4.42 Å². The van der Waals surface area contributed by atoms with E-state index in [1.165, 1.54) is 18.5 Å². The van der Waals surface area contributed by atoms with E-state index in [2.05, 4.69) is 10.5 Å². The van der Waals surface area contributed by atoms with Crippen LogP contribution in [0, 0.1) is 0 Å². The summed E-state index contributed by atoms with van der Waals surface area (Å²) in [6.45, 7) is 0. The molecule has 23 heavy (non-hydrogen) atoms. The van der Waals surface area contributed by atoms with Crippen LogP contribution in [0.2, 0.25) is 5.02 Å². The van der Waals surface area contributed by atoms with Gasteiger partial charge in [-0.3, -0.25) is 9.59 Å². The van der Waals surface area contributed by atoms with Crippen LogP contribution in [0.25, 0.3) is 11.0 Å². The SMILES string of the molecule is O=C(N/N=C\c1coc2ccccc2c1=O)c1cccc(Cl)c1. The maximum Gasteiger partial charge on any atom is 0.271 e. The Morgan fingerprint density at radius 3 is 2.83 bits per heavy atom. The van der Waals surface area contributed by atoms with Gasteiger partial charge in [-0.05, 0) is 30.3 Å². The maximum absolute atomic E-state index is 12.2. The fourth-order valence-corrected chi connectivity index (χ4v) is 2.23. The van der Waals surface area contributed by atoms with E-state index in [0.717, 1.165) is 0 Å². The van der Waals surface area contributed by atoms with Gasteiger partial charge in [-0.15, -0.1) is 0 Å². The predicted octanol–water partition coefficient (Wildman–Crippen LogP) is 3.21. The van der Waals surface area contributed by atoms with E-state index in [0.29, 0.717) is 21.6 Å². The zero-order valence-corrected chi connectivity index (χ0v) is 12.6. The second-order valence-electron chi connectivity index (χ2n) is 4.73. The van der Waals surface area contributed by atoms with Gasteiger partial charge in [0.15, 0.2) is 0 Å². The van der Waals surface area contributed by atoms with Gasteiger partial charge in [-0.25, -0.2) is 5.43 Å². The first-order chi connectivity index (χ1) is 11.1. The van der Waals surface area contributed by atoms with E-state index in [9.17, 15) is 9.59 Å². The van der Waals surface area contributed by atoms with Gasteiger partial charge in [0.25, 0.3) is 5.91 Å². The van der Waals surface area contributed by atoms with E-state index in [-0.39, 0.29) is 11.0 Å². The Bertz CT molecular complexity index is 963. The minimum absolute atomic E-state index is 0.215. The van der Waals surface area contributed by atoms with Crippen LogP contribution in [0.3, 0.4) is 0 Å². The summed E-state index contributed by atoms with van der Waals surface area (Å²) in [7, 11) is 0. The van der Waals surface area contributed by atoms with E-state index in [1.54, 1.807) is 42.5 Å². The molecule has 1 heterocycles. The predicted molar refractivity (Wildman–Crippen MR) is 89.0 cm³/mol. The molecule has 6 heteroatoms. The molecule has 0 aliphatic rings. The maximum atomic E-state index is 12.2. The summed E-state index contributed by atoms with van der Waals surface area (Å²) in [4.78, 5) is 24.1. The lowest BCUT2D eigenvalue weighted by Crippen LogP contribution is -2.18. The lowest BCUT2D eigenvalue weighted by atomic mass is 10.2. The van der Waals surface area contributed by atoms with Crippen molar-refractivity contribution in [3.05, 3.63) is 81.2 Å². The standard InChI is InChI=1S/C17H11ClN2O3/c18-13-5-3-4-11(8-13)17(22)20-19-9-12-10-23-15-7-2-1-6-14(15)16(12)21/h1-10H,(H,20,22)/b19-9-. The quantitative estimate of drug-likeness (QED) is 0.593. The topological polar surface area (TPSA) is 71.7 Å². The number of hydrogen-bond acceptors (Lipinski definition) is 4. The van der Waals surface area contributed by atoms with Crippen LogP contribution in [-0.2, 0) is 0 Å². The molecule has 0 saturated heterocycles. The summed E-state index contributed by atoms with van der Waals surface area (Å²) >= 11 is 5.82. The summed E-state index contributed by atoms with van der Waals surface area (Å²) in [6, 6.07) is 13.4. The molecule has 0 aliphatic carbocycles. The van der Waals surface area contributed by atoms with Crippen LogP contribution < -0.4 is 10.9 Å². The van der Waals surface area contributed by atoms with Gasteiger partial charge in [0.1, 0.15) is 11.8 Å². The van der Waals surface area contributed by atoms with Gasteiger partial charge >= 0.3 is 0 Å². The van der Waals surface area contributed by atoms with E-state index in [4.69, 9.17) is 16.0 Å². The van der Waals surface area contributed by atoms with E-state index >= 15 is 0 Å². The monoisotopic (exact) mass is 326 g/mol. The van der Waals surface area contributed by atoms with Crippen LogP contribution in [0.1, 0.15) is 15.9 Å². The molecule has 0 fully saturated rings. The van der Waals surface area contributed by atoms with Crippen LogP contribution in [0.15, 0.2) is 69.1 Å². The van der Waals surface area contributed by atoms with Gasteiger partial charge in [-0.2, -0.15) is 5.10 Å². The molecule has 0 aliphatic heterocycles. The third kappa shape index (κ3) is 3.30. The van der Waals surface area contributed by atoms with Crippen LogP contribution in [0.5, 0.6) is 0 Å². The normalized spacial score (nSPS) is 11.0. The molecule has 3 rings (SSSR count). The number of nitrogens with one attached hydrogen (secondary N) is 1. The second-order valence-corrected chi connectivity index (χ2v) is 5.16. The third-order valence-corrected chi connectivity index (χ3v) is 3.40. The molecule has 1 amide bonds. The summed E-state index contributed by atoms with van der Waals surface area (Å²) in [5.41, 5.74) is 3.24. The number of rotatable bonds is 3. The van der Waals surface area contributed by atoms with Crippen LogP contribution in [-0.4, -0.2) is 12.1 Å². The molecular formula is C17H11ClN2O3. The zero-order chi connectivity index (χ0) is 16.2. The number of para-hydroxylation sites is 1. The largest absolute Gasteiger partial charge is 0.463 e. The first-order valence-electron chi connectivity index (χ1n) is 6.74. The first kappa shape index (κ1) is 15.0. The molecular weight excluding hydrogens is 316 g/mol. The molecule has 2 aromatic carbocycles. The minimum atomic E-state index is -0.422. The Kier molecular flexibility index (Phi) is 4.21. The van der Waals surface area contributed by atoms with Crippen molar-refractivity contribution >= 4 is 34.7 Å². The average molecular weight is 327 g/mol.